The molecule has 34 heavy (non-hydrogen) atoms. The van der Waals surface area contributed by atoms with Crippen LogP contribution in [0.5, 0.6) is 0 Å². The number of hydrogen-bond acceptors (Lipinski definition) is 5. The summed E-state index contributed by atoms with van der Waals surface area (Å²) in [7, 11) is -1.08. The summed E-state index contributed by atoms with van der Waals surface area (Å²) in [4.78, 5) is 9.50. The Balaban J connectivity index is 1.20. The molecule has 2 heterocycles. The summed E-state index contributed by atoms with van der Waals surface area (Å²) >= 11 is 0. The molecule has 1 aromatic carbocycles. The smallest absolute Gasteiger partial charge is 0.125 e. The molecule has 3 aromatic rings. The zero-order chi connectivity index (χ0) is 23.8. The normalized spacial score (nSPS) is 16.1. The summed E-state index contributed by atoms with van der Waals surface area (Å²) < 4.78 is 8.29. The van der Waals surface area contributed by atoms with Crippen LogP contribution in [-0.4, -0.2) is 42.3 Å². The second kappa shape index (κ2) is 12.1. The summed E-state index contributed by atoms with van der Waals surface area (Å²) in [5.41, 5.74) is 4.87. The van der Waals surface area contributed by atoms with Gasteiger partial charge in [0.25, 0.3) is 0 Å². The number of ether oxygens (including phenoxy) is 1. The average molecular weight is 480 g/mol. The number of imidazole rings is 1. The Labute approximate surface area is 205 Å². The molecule has 0 radical (unpaired) electrons. The van der Waals surface area contributed by atoms with Crippen LogP contribution < -0.4 is 10.6 Å². The van der Waals surface area contributed by atoms with Gasteiger partial charge in [-0.25, -0.2) is 4.98 Å². The van der Waals surface area contributed by atoms with Crippen molar-refractivity contribution < 1.29 is 4.74 Å². The van der Waals surface area contributed by atoms with E-state index in [1.165, 1.54) is 36.6 Å². The summed E-state index contributed by atoms with van der Waals surface area (Å²) in [5.74, 6) is 1.05. The van der Waals surface area contributed by atoms with Gasteiger partial charge in [-0.3, -0.25) is 4.98 Å². The molecule has 4 rings (SSSR count). The molecule has 7 heteroatoms. The predicted molar refractivity (Wildman–Crippen MR) is 143 cm³/mol. The number of rotatable bonds is 13. The minimum Gasteiger partial charge on any atom is -0.361 e. The van der Waals surface area contributed by atoms with E-state index in [0.717, 1.165) is 55.9 Å². The first-order valence-electron chi connectivity index (χ1n) is 12.9. The Morgan fingerprint density at radius 3 is 2.82 bits per heavy atom. The van der Waals surface area contributed by atoms with Gasteiger partial charge in [0, 0.05) is 26.9 Å². The highest BCUT2D eigenvalue weighted by molar-refractivity contribution is 6.76. The zero-order valence-electron chi connectivity index (χ0n) is 21.1. The lowest BCUT2D eigenvalue weighted by Gasteiger charge is -2.25. The van der Waals surface area contributed by atoms with Crippen LogP contribution in [-0.2, 0) is 24.4 Å². The van der Waals surface area contributed by atoms with Crippen LogP contribution in [0.15, 0.2) is 42.6 Å². The van der Waals surface area contributed by atoms with E-state index < -0.39 is 8.07 Å². The molecule has 1 atom stereocenters. The molecule has 1 unspecified atom stereocenters. The lowest BCUT2D eigenvalue weighted by Crippen LogP contribution is -2.27. The summed E-state index contributed by atoms with van der Waals surface area (Å²) in [6.45, 7) is 11.3. The lowest BCUT2D eigenvalue weighted by atomic mass is 9.92. The molecule has 0 saturated carbocycles. The van der Waals surface area contributed by atoms with E-state index in [4.69, 9.17) is 9.72 Å². The Kier molecular flexibility index (Phi) is 8.89. The monoisotopic (exact) mass is 479 g/mol. The third kappa shape index (κ3) is 6.98. The maximum absolute atomic E-state index is 6.06. The first-order valence-corrected chi connectivity index (χ1v) is 16.6. The molecule has 2 aromatic heterocycles. The molecule has 2 N–H and O–H groups in total. The molecule has 1 aliphatic carbocycles. The van der Waals surface area contributed by atoms with Gasteiger partial charge < -0.3 is 19.9 Å². The van der Waals surface area contributed by atoms with Gasteiger partial charge in [-0.05, 0) is 75.0 Å². The van der Waals surface area contributed by atoms with Crippen molar-refractivity contribution in [3.63, 3.8) is 0 Å². The lowest BCUT2D eigenvalue weighted by molar-refractivity contribution is 0.0876. The van der Waals surface area contributed by atoms with Crippen molar-refractivity contribution in [3.05, 3.63) is 59.7 Å². The van der Waals surface area contributed by atoms with Gasteiger partial charge in [-0.15, -0.1) is 0 Å². The quantitative estimate of drug-likeness (QED) is 0.258. The predicted octanol–water partition coefficient (Wildman–Crippen LogP) is 5.28. The highest BCUT2D eigenvalue weighted by atomic mass is 28.3. The van der Waals surface area contributed by atoms with Crippen molar-refractivity contribution in [2.24, 2.45) is 0 Å². The molecule has 0 spiro atoms. The van der Waals surface area contributed by atoms with Crippen LogP contribution in [0.3, 0.4) is 0 Å². The number of benzene rings is 1. The molecule has 1 aliphatic rings. The van der Waals surface area contributed by atoms with E-state index in [2.05, 4.69) is 76.2 Å². The van der Waals surface area contributed by atoms with Gasteiger partial charge in [0.2, 0.25) is 0 Å². The van der Waals surface area contributed by atoms with Crippen LogP contribution in [0, 0.1) is 0 Å². The molecular weight excluding hydrogens is 438 g/mol. The summed E-state index contributed by atoms with van der Waals surface area (Å²) in [6, 6.07) is 14.2. The van der Waals surface area contributed by atoms with Gasteiger partial charge >= 0.3 is 0 Å². The van der Waals surface area contributed by atoms with Crippen molar-refractivity contribution in [1.82, 2.24) is 25.2 Å². The first kappa shape index (κ1) is 25.0. The highest BCUT2D eigenvalue weighted by Crippen LogP contribution is 2.27. The number of unbranched alkanes of at least 4 members (excludes halogenated alkanes) is 1. The number of nitrogens with one attached hydrogen (secondary N) is 2. The molecule has 184 valence electrons. The molecule has 0 amide bonds. The van der Waals surface area contributed by atoms with E-state index in [1.54, 1.807) is 0 Å². The van der Waals surface area contributed by atoms with Crippen molar-refractivity contribution in [2.45, 2.75) is 77.1 Å². The Bertz CT molecular complexity index is 1040. The Morgan fingerprint density at radius 1 is 1.09 bits per heavy atom. The molecule has 6 nitrogen and oxygen atoms in total. The number of para-hydroxylation sites is 2. The number of hydrogen-bond donors (Lipinski definition) is 2. The summed E-state index contributed by atoms with van der Waals surface area (Å²) in [5, 5.41) is 7.33. The molecule has 0 saturated heterocycles. The molecular formula is C27H41N5OSi. The zero-order valence-corrected chi connectivity index (χ0v) is 22.1. The van der Waals surface area contributed by atoms with Crippen molar-refractivity contribution in [3.8, 4) is 0 Å². The Hall–Kier alpha value is -2.06. The van der Waals surface area contributed by atoms with Gasteiger partial charge in [-0.2, -0.15) is 0 Å². The molecule has 0 aliphatic heterocycles. The minimum absolute atomic E-state index is 0.416. The van der Waals surface area contributed by atoms with Gasteiger partial charge in [-0.1, -0.05) is 37.8 Å². The average Bonchev–Trinajstić information content (AvgIpc) is 3.18. The van der Waals surface area contributed by atoms with E-state index in [9.17, 15) is 0 Å². The van der Waals surface area contributed by atoms with Crippen LogP contribution in [0.1, 0.15) is 48.8 Å². The maximum atomic E-state index is 6.06. The fourth-order valence-electron chi connectivity index (χ4n) is 4.60. The first-order chi connectivity index (χ1) is 16.5. The number of aryl methyl sites for hydroxylation is 1. The van der Waals surface area contributed by atoms with E-state index >= 15 is 0 Å². The van der Waals surface area contributed by atoms with Crippen molar-refractivity contribution in [1.29, 1.82) is 0 Å². The van der Waals surface area contributed by atoms with Gasteiger partial charge in [0.05, 0.1) is 23.3 Å². The topological polar surface area (TPSA) is 64.0 Å². The maximum Gasteiger partial charge on any atom is 0.125 e. The van der Waals surface area contributed by atoms with Crippen LogP contribution >= 0.6 is 0 Å². The minimum atomic E-state index is -1.08. The van der Waals surface area contributed by atoms with Gasteiger partial charge in [0.1, 0.15) is 12.6 Å². The summed E-state index contributed by atoms with van der Waals surface area (Å²) in [6.07, 6.45) is 7.83. The third-order valence-electron chi connectivity index (χ3n) is 6.60. The number of fused-ring (bicyclic) bond motifs is 2. The number of nitrogens with zero attached hydrogens (tertiary/aromatic N) is 3. The van der Waals surface area contributed by atoms with E-state index in [-0.39, 0.29) is 0 Å². The van der Waals surface area contributed by atoms with E-state index in [0.29, 0.717) is 12.8 Å². The second-order valence-electron chi connectivity index (χ2n) is 10.6. The largest absolute Gasteiger partial charge is 0.361 e. The van der Waals surface area contributed by atoms with E-state index in [1.807, 2.05) is 6.20 Å². The fraction of sp³-hybridized carbons (Fsp3) is 0.556. The number of pyridine rings is 1. The van der Waals surface area contributed by atoms with Crippen molar-refractivity contribution >= 4 is 19.1 Å². The standard InChI is InChI=1S/C27H41N5OSi/c1-34(2,3)19-18-33-21-32-25-14-5-4-12-23(25)31-26(32)20-28-15-6-7-16-29-24-13-8-10-22-11-9-17-30-27(22)24/h4-5,9,11-12,14,17,24,28-29H,6-8,10,13,15-16,18-21H2,1-3H3. The highest BCUT2D eigenvalue weighted by Gasteiger charge is 2.20. The van der Waals surface area contributed by atoms with Crippen LogP contribution in [0.25, 0.3) is 11.0 Å². The molecule has 0 fully saturated rings. The third-order valence-corrected chi connectivity index (χ3v) is 8.30. The number of aromatic nitrogens is 3. The van der Waals surface area contributed by atoms with Crippen LogP contribution in [0.2, 0.25) is 25.7 Å². The van der Waals surface area contributed by atoms with Crippen molar-refractivity contribution in [2.75, 3.05) is 19.7 Å². The second-order valence-corrected chi connectivity index (χ2v) is 16.2. The SMILES string of the molecule is C[Si](C)(C)CCOCn1c(CNCCCCNC2CCCc3cccnc32)nc2ccccc21. The van der Waals surface area contributed by atoms with Gasteiger partial charge in [0.15, 0.2) is 0 Å². The fourth-order valence-corrected chi connectivity index (χ4v) is 5.35. The van der Waals surface area contributed by atoms with Crippen LogP contribution in [0.4, 0.5) is 0 Å². The molecule has 0 bridgehead atoms. The Morgan fingerprint density at radius 2 is 1.94 bits per heavy atom.